The van der Waals surface area contributed by atoms with Gasteiger partial charge in [0.15, 0.2) is 0 Å². The van der Waals surface area contributed by atoms with Gasteiger partial charge in [0, 0.05) is 31.5 Å². The fourth-order valence-corrected chi connectivity index (χ4v) is 3.23. The van der Waals surface area contributed by atoms with Crippen LogP contribution >= 0.6 is 0 Å². The van der Waals surface area contributed by atoms with Crippen molar-refractivity contribution in [2.75, 3.05) is 7.05 Å². The lowest BCUT2D eigenvalue weighted by Gasteiger charge is -2.17. The van der Waals surface area contributed by atoms with Gasteiger partial charge < -0.3 is 14.0 Å². The smallest absolute Gasteiger partial charge is 0.253 e. The molecule has 0 atom stereocenters. The molecule has 0 aliphatic carbocycles. The average molecular weight is 385 g/mol. The fourth-order valence-electron chi connectivity index (χ4n) is 3.23. The second kappa shape index (κ2) is 8.19. The van der Waals surface area contributed by atoms with E-state index >= 15 is 0 Å². The molecule has 4 rings (SSSR count). The van der Waals surface area contributed by atoms with Crippen LogP contribution in [0.4, 0.5) is 0 Å². The average Bonchev–Trinajstić information content (AvgIpc) is 3.15. The van der Waals surface area contributed by atoms with Gasteiger partial charge in [0.2, 0.25) is 0 Å². The zero-order valence-corrected chi connectivity index (χ0v) is 16.6. The maximum absolute atomic E-state index is 12.6. The number of hydrogen-bond acceptors (Lipinski definition) is 3. The van der Waals surface area contributed by atoms with Crippen LogP contribution in [0.1, 0.15) is 27.2 Å². The number of hydrogen-bond donors (Lipinski definition) is 0. The number of aromatic nitrogens is 2. The molecule has 0 saturated heterocycles. The Balaban J connectivity index is 1.37. The number of aryl methyl sites for hydroxylation is 1. The third-order valence-corrected chi connectivity index (χ3v) is 4.75. The van der Waals surface area contributed by atoms with Crippen molar-refractivity contribution in [1.29, 1.82) is 0 Å². The van der Waals surface area contributed by atoms with Gasteiger partial charge >= 0.3 is 0 Å². The van der Waals surface area contributed by atoms with Crippen LogP contribution in [-0.2, 0) is 13.2 Å². The molecule has 4 aromatic rings. The predicted octanol–water partition coefficient (Wildman–Crippen LogP) is 4.49. The van der Waals surface area contributed by atoms with E-state index in [0.717, 1.165) is 16.9 Å². The van der Waals surface area contributed by atoms with E-state index in [1.165, 1.54) is 5.56 Å². The van der Waals surface area contributed by atoms with Crippen LogP contribution in [0.5, 0.6) is 5.75 Å². The molecule has 2 heterocycles. The Labute approximate surface area is 170 Å². The molecule has 146 valence electrons. The molecule has 5 nitrogen and oxygen atoms in total. The number of rotatable bonds is 6. The molecule has 0 saturated carbocycles. The Morgan fingerprint density at radius 2 is 1.76 bits per heavy atom. The minimum atomic E-state index is -0.0175. The molecular weight excluding hydrogens is 362 g/mol. The molecular formula is C24H23N3O2. The van der Waals surface area contributed by atoms with E-state index in [2.05, 4.69) is 11.9 Å². The maximum Gasteiger partial charge on any atom is 0.253 e. The van der Waals surface area contributed by atoms with Crippen LogP contribution in [0.25, 0.3) is 5.65 Å². The number of benzene rings is 2. The van der Waals surface area contributed by atoms with Crippen LogP contribution in [0.2, 0.25) is 0 Å². The Morgan fingerprint density at radius 3 is 2.52 bits per heavy atom. The molecule has 0 aliphatic rings. The summed E-state index contributed by atoms with van der Waals surface area (Å²) in [4.78, 5) is 18.9. The second-order valence-electron chi connectivity index (χ2n) is 7.16. The van der Waals surface area contributed by atoms with E-state index < -0.39 is 0 Å². The molecule has 0 aliphatic heterocycles. The number of nitrogens with zero attached hydrogens (tertiary/aromatic N) is 3. The molecule has 0 bridgehead atoms. The summed E-state index contributed by atoms with van der Waals surface area (Å²) in [5.74, 6) is 0.691. The van der Waals surface area contributed by atoms with Crippen molar-refractivity contribution in [3.8, 4) is 5.75 Å². The predicted molar refractivity (Wildman–Crippen MR) is 113 cm³/mol. The highest BCUT2D eigenvalue weighted by atomic mass is 16.5. The van der Waals surface area contributed by atoms with Crippen molar-refractivity contribution in [2.24, 2.45) is 0 Å². The third-order valence-electron chi connectivity index (χ3n) is 4.75. The van der Waals surface area contributed by atoms with Gasteiger partial charge in [-0.1, -0.05) is 36.4 Å². The molecule has 29 heavy (non-hydrogen) atoms. The van der Waals surface area contributed by atoms with Gasteiger partial charge in [0.1, 0.15) is 18.0 Å². The number of carbonyl (C=O) groups excluding carboxylic acids is 1. The number of carbonyl (C=O) groups is 1. The summed E-state index contributed by atoms with van der Waals surface area (Å²) in [6, 6.07) is 21.2. The van der Waals surface area contributed by atoms with Gasteiger partial charge in [-0.3, -0.25) is 4.79 Å². The van der Waals surface area contributed by atoms with Gasteiger partial charge in [-0.15, -0.1) is 0 Å². The molecule has 0 N–H and O–H groups in total. The monoisotopic (exact) mass is 385 g/mol. The molecule has 0 spiro atoms. The van der Waals surface area contributed by atoms with Crippen LogP contribution in [0.15, 0.2) is 79.1 Å². The van der Waals surface area contributed by atoms with Crippen molar-refractivity contribution in [3.63, 3.8) is 0 Å². The first-order valence-electron chi connectivity index (χ1n) is 9.55. The summed E-state index contributed by atoms with van der Waals surface area (Å²) in [6.45, 7) is 3.00. The lowest BCUT2D eigenvalue weighted by Crippen LogP contribution is -2.26. The number of pyridine rings is 1. The van der Waals surface area contributed by atoms with Crippen molar-refractivity contribution in [1.82, 2.24) is 14.3 Å². The van der Waals surface area contributed by atoms with Crippen LogP contribution in [-0.4, -0.2) is 27.2 Å². The summed E-state index contributed by atoms with van der Waals surface area (Å²) in [5.41, 5.74) is 4.68. The molecule has 2 aromatic heterocycles. The Bertz CT molecular complexity index is 1120. The summed E-state index contributed by atoms with van der Waals surface area (Å²) in [5, 5.41) is 0. The molecule has 5 heteroatoms. The quantitative estimate of drug-likeness (QED) is 0.491. The zero-order chi connectivity index (χ0) is 20.2. The lowest BCUT2D eigenvalue weighted by molar-refractivity contribution is 0.0785. The van der Waals surface area contributed by atoms with Crippen LogP contribution < -0.4 is 4.74 Å². The fraction of sp³-hybridized carbons (Fsp3) is 0.167. The van der Waals surface area contributed by atoms with E-state index in [4.69, 9.17) is 4.74 Å². The van der Waals surface area contributed by atoms with E-state index in [9.17, 15) is 4.79 Å². The van der Waals surface area contributed by atoms with Gasteiger partial charge in [-0.2, -0.15) is 0 Å². The molecule has 0 fully saturated rings. The maximum atomic E-state index is 12.6. The van der Waals surface area contributed by atoms with Gasteiger partial charge in [0.25, 0.3) is 5.91 Å². The first-order chi connectivity index (χ1) is 14.1. The summed E-state index contributed by atoms with van der Waals surface area (Å²) < 4.78 is 7.84. The van der Waals surface area contributed by atoms with E-state index in [1.54, 1.807) is 17.0 Å². The van der Waals surface area contributed by atoms with E-state index in [-0.39, 0.29) is 5.91 Å². The summed E-state index contributed by atoms with van der Waals surface area (Å²) in [7, 11) is 1.81. The molecule has 2 aromatic carbocycles. The lowest BCUT2D eigenvalue weighted by atomic mass is 10.1. The van der Waals surface area contributed by atoms with Gasteiger partial charge in [0.05, 0.1) is 5.69 Å². The highest BCUT2D eigenvalue weighted by Gasteiger charge is 2.12. The summed E-state index contributed by atoms with van der Waals surface area (Å²) in [6.07, 6.45) is 4.01. The Kier molecular flexibility index (Phi) is 5.29. The van der Waals surface area contributed by atoms with Crippen molar-refractivity contribution < 1.29 is 9.53 Å². The molecule has 0 unspecified atom stereocenters. The van der Waals surface area contributed by atoms with Gasteiger partial charge in [-0.25, -0.2) is 4.98 Å². The topological polar surface area (TPSA) is 46.8 Å². The van der Waals surface area contributed by atoms with Crippen molar-refractivity contribution >= 4 is 11.6 Å². The highest BCUT2D eigenvalue weighted by Crippen LogP contribution is 2.16. The first-order valence-corrected chi connectivity index (χ1v) is 9.55. The van der Waals surface area contributed by atoms with Crippen molar-refractivity contribution in [2.45, 2.75) is 20.1 Å². The first kappa shape index (κ1) is 18.7. The number of fused-ring (bicyclic) bond motifs is 1. The Morgan fingerprint density at radius 1 is 1.00 bits per heavy atom. The second-order valence-corrected chi connectivity index (χ2v) is 7.16. The third kappa shape index (κ3) is 4.46. The minimum absolute atomic E-state index is 0.0175. The standard InChI is InChI=1S/C24H23N3O2/c1-18-8-13-23-25-21(16-27(23)14-18)17-29-22-11-9-20(10-12-22)24(28)26(2)15-19-6-4-3-5-7-19/h3-14,16H,15,17H2,1-2H3. The number of ether oxygens (including phenoxy) is 1. The minimum Gasteiger partial charge on any atom is -0.487 e. The largest absolute Gasteiger partial charge is 0.487 e. The van der Waals surface area contributed by atoms with Crippen molar-refractivity contribution in [3.05, 3.63) is 102 Å². The SMILES string of the molecule is Cc1ccc2nc(COc3ccc(C(=O)N(C)Cc4ccccc4)cc3)cn2c1. The van der Waals surface area contributed by atoms with Crippen LogP contribution in [0, 0.1) is 6.92 Å². The zero-order valence-electron chi connectivity index (χ0n) is 16.6. The molecule has 0 radical (unpaired) electrons. The van der Waals surface area contributed by atoms with E-state index in [1.807, 2.05) is 78.4 Å². The normalized spacial score (nSPS) is 10.8. The number of amides is 1. The van der Waals surface area contributed by atoms with E-state index in [0.29, 0.717) is 24.5 Å². The number of imidazole rings is 1. The highest BCUT2D eigenvalue weighted by molar-refractivity contribution is 5.94. The Hall–Kier alpha value is -3.60. The van der Waals surface area contributed by atoms with Gasteiger partial charge in [-0.05, 0) is 48.4 Å². The summed E-state index contributed by atoms with van der Waals surface area (Å²) >= 11 is 0. The molecule has 1 amide bonds. The van der Waals surface area contributed by atoms with Crippen LogP contribution in [0.3, 0.4) is 0 Å².